The molecule has 0 saturated carbocycles. The molecule has 0 amide bonds. The largest absolute Gasteiger partial charge is 0.494 e. The van der Waals surface area contributed by atoms with Crippen LogP contribution >= 0.6 is 0 Å². The highest BCUT2D eigenvalue weighted by Gasteiger charge is 2.21. The summed E-state index contributed by atoms with van der Waals surface area (Å²) in [7, 11) is 0. The molecule has 0 aliphatic rings. The Morgan fingerprint density at radius 3 is 2.67 bits per heavy atom. The summed E-state index contributed by atoms with van der Waals surface area (Å²) < 4.78 is 5.41. The lowest BCUT2D eigenvalue weighted by Crippen LogP contribution is -2.20. The van der Waals surface area contributed by atoms with Crippen molar-refractivity contribution in [2.45, 2.75) is 39.2 Å². The Kier molecular flexibility index (Phi) is 4.15. The molecule has 0 aliphatic heterocycles. The van der Waals surface area contributed by atoms with Crippen LogP contribution in [0.25, 0.3) is 0 Å². The molecule has 1 rings (SSSR count). The van der Waals surface area contributed by atoms with Crippen molar-refractivity contribution < 1.29 is 9.84 Å². The first-order chi connectivity index (χ1) is 7.10. The summed E-state index contributed by atoms with van der Waals surface area (Å²) in [6.07, 6.45) is 1.73. The van der Waals surface area contributed by atoms with E-state index < -0.39 is 5.60 Å². The molecular weight excluding hydrogens is 188 g/mol. The molecule has 2 nitrogen and oxygen atoms in total. The van der Waals surface area contributed by atoms with Crippen molar-refractivity contribution in [1.82, 2.24) is 0 Å². The second-order valence-corrected chi connectivity index (χ2v) is 3.98. The Morgan fingerprint density at radius 2 is 2.07 bits per heavy atom. The van der Waals surface area contributed by atoms with Crippen molar-refractivity contribution in [1.29, 1.82) is 0 Å². The van der Waals surface area contributed by atoms with Crippen molar-refractivity contribution in [2.24, 2.45) is 0 Å². The predicted molar refractivity (Wildman–Crippen MR) is 62.1 cm³/mol. The Balaban J connectivity index is 2.88. The standard InChI is InChI=1S/C13H20O2/c1-4-9-13(3,14)11-7-6-8-12(10-11)15-5-2/h6-8,10,14H,4-5,9H2,1-3H3/t13-/m0/s1. The minimum absolute atomic E-state index is 0.652. The molecule has 2 heteroatoms. The summed E-state index contributed by atoms with van der Waals surface area (Å²) in [4.78, 5) is 0. The van der Waals surface area contributed by atoms with E-state index in [9.17, 15) is 5.11 Å². The molecule has 0 fully saturated rings. The van der Waals surface area contributed by atoms with Crippen molar-refractivity contribution in [3.05, 3.63) is 29.8 Å². The van der Waals surface area contributed by atoms with Gasteiger partial charge in [-0.2, -0.15) is 0 Å². The van der Waals surface area contributed by atoms with Crippen LogP contribution in [0.2, 0.25) is 0 Å². The number of aliphatic hydroxyl groups is 1. The summed E-state index contributed by atoms with van der Waals surface area (Å²) >= 11 is 0. The minimum Gasteiger partial charge on any atom is -0.494 e. The van der Waals surface area contributed by atoms with Crippen molar-refractivity contribution >= 4 is 0 Å². The molecule has 1 aromatic rings. The summed E-state index contributed by atoms with van der Waals surface area (Å²) in [5.41, 5.74) is 0.178. The smallest absolute Gasteiger partial charge is 0.119 e. The van der Waals surface area contributed by atoms with Gasteiger partial charge in [0.1, 0.15) is 5.75 Å². The molecule has 0 spiro atoms. The number of benzene rings is 1. The average Bonchev–Trinajstić information content (AvgIpc) is 2.19. The fourth-order valence-corrected chi connectivity index (χ4v) is 1.72. The van der Waals surface area contributed by atoms with Gasteiger partial charge in [-0.1, -0.05) is 25.5 Å². The van der Waals surface area contributed by atoms with Crippen LogP contribution in [0, 0.1) is 0 Å². The molecule has 1 atom stereocenters. The summed E-state index contributed by atoms with van der Waals surface area (Å²) in [5, 5.41) is 10.2. The summed E-state index contributed by atoms with van der Waals surface area (Å²) in [5.74, 6) is 0.825. The Hall–Kier alpha value is -1.02. The van der Waals surface area contributed by atoms with Crippen LogP contribution in [0.5, 0.6) is 5.75 Å². The van der Waals surface area contributed by atoms with E-state index in [0.29, 0.717) is 6.61 Å². The van der Waals surface area contributed by atoms with E-state index in [1.807, 2.05) is 38.1 Å². The number of rotatable bonds is 5. The molecule has 0 radical (unpaired) electrons. The average molecular weight is 208 g/mol. The SMILES string of the molecule is CCC[C@](C)(O)c1cccc(OCC)c1. The first kappa shape index (κ1) is 12.1. The number of hydrogen-bond donors (Lipinski definition) is 1. The first-order valence-electron chi connectivity index (χ1n) is 5.56. The van der Waals surface area contributed by atoms with Crippen LogP contribution in [-0.4, -0.2) is 11.7 Å². The molecule has 0 aliphatic carbocycles. The number of ether oxygens (including phenoxy) is 1. The molecule has 1 aromatic carbocycles. The van der Waals surface area contributed by atoms with Gasteiger partial charge in [0.15, 0.2) is 0 Å². The highest BCUT2D eigenvalue weighted by atomic mass is 16.5. The zero-order chi connectivity index (χ0) is 11.3. The zero-order valence-electron chi connectivity index (χ0n) is 9.79. The van der Waals surface area contributed by atoms with Crippen molar-refractivity contribution in [3.8, 4) is 5.75 Å². The quantitative estimate of drug-likeness (QED) is 0.805. The fourth-order valence-electron chi connectivity index (χ4n) is 1.72. The van der Waals surface area contributed by atoms with Crippen LogP contribution in [0.15, 0.2) is 24.3 Å². The maximum absolute atomic E-state index is 10.2. The van der Waals surface area contributed by atoms with Crippen LogP contribution in [0.4, 0.5) is 0 Å². The third-order valence-electron chi connectivity index (χ3n) is 2.50. The van der Waals surface area contributed by atoms with E-state index in [0.717, 1.165) is 24.2 Å². The molecule has 1 N–H and O–H groups in total. The van der Waals surface area contributed by atoms with E-state index in [2.05, 4.69) is 6.92 Å². The molecule has 0 aromatic heterocycles. The first-order valence-corrected chi connectivity index (χ1v) is 5.56. The maximum atomic E-state index is 10.2. The van der Waals surface area contributed by atoms with Crippen LogP contribution in [0.1, 0.15) is 39.2 Å². The van der Waals surface area contributed by atoms with Crippen LogP contribution < -0.4 is 4.74 Å². The second-order valence-electron chi connectivity index (χ2n) is 3.98. The van der Waals surface area contributed by atoms with E-state index in [4.69, 9.17) is 4.74 Å². The van der Waals surface area contributed by atoms with Gasteiger partial charge in [0.25, 0.3) is 0 Å². The van der Waals surface area contributed by atoms with Gasteiger partial charge in [-0.05, 0) is 38.0 Å². The summed E-state index contributed by atoms with van der Waals surface area (Å²) in [6.45, 7) is 6.53. The normalized spacial score (nSPS) is 14.7. The van der Waals surface area contributed by atoms with Gasteiger partial charge >= 0.3 is 0 Å². The fraction of sp³-hybridized carbons (Fsp3) is 0.538. The maximum Gasteiger partial charge on any atom is 0.119 e. The lowest BCUT2D eigenvalue weighted by Gasteiger charge is -2.23. The second kappa shape index (κ2) is 5.17. The number of hydrogen-bond acceptors (Lipinski definition) is 2. The molecule has 15 heavy (non-hydrogen) atoms. The molecular formula is C13H20O2. The lowest BCUT2D eigenvalue weighted by molar-refractivity contribution is 0.0467. The Morgan fingerprint density at radius 1 is 1.33 bits per heavy atom. The predicted octanol–water partition coefficient (Wildman–Crippen LogP) is 3.09. The van der Waals surface area contributed by atoms with E-state index >= 15 is 0 Å². The van der Waals surface area contributed by atoms with Gasteiger partial charge in [0.2, 0.25) is 0 Å². The third-order valence-corrected chi connectivity index (χ3v) is 2.50. The van der Waals surface area contributed by atoms with Gasteiger partial charge in [-0.15, -0.1) is 0 Å². The molecule has 84 valence electrons. The monoisotopic (exact) mass is 208 g/mol. The molecule has 0 heterocycles. The van der Waals surface area contributed by atoms with Crippen molar-refractivity contribution in [2.75, 3.05) is 6.61 Å². The van der Waals surface area contributed by atoms with E-state index in [1.165, 1.54) is 0 Å². The van der Waals surface area contributed by atoms with E-state index in [1.54, 1.807) is 0 Å². The highest BCUT2D eigenvalue weighted by Crippen LogP contribution is 2.28. The zero-order valence-corrected chi connectivity index (χ0v) is 9.79. The Labute approximate surface area is 91.9 Å². The van der Waals surface area contributed by atoms with Gasteiger partial charge in [-0.25, -0.2) is 0 Å². The van der Waals surface area contributed by atoms with Crippen LogP contribution in [-0.2, 0) is 5.60 Å². The minimum atomic E-state index is -0.748. The van der Waals surface area contributed by atoms with Gasteiger partial charge in [0.05, 0.1) is 12.2 Å². The van der Waals surface area contributed by atoms with Gasteiger partial charge < -0.3 is 9.84 Å². The lowest BCUT2D eigenvalue weighted by atomic mass is 9.91. The van der Waals surface area contributed by atoms with Gasteiger partial charge in [-0.3, -0.25) is 0 Å². The van der Waals surface area contributed by atoms with Crippen molar-refractivity contribution in [3.63, 3.8) is 0 Å². The topological polar surface area (TPSA) is 29.5 Å². The third kappa shape index (κ3) is 3.24. The van der Waals surface area contributed by atoms with E-state index in [-0.39, 0.29) is 0 Å². The highest BCUT2D eigenvalue weighted by molar-refractivity contribution is 5.31. The Bertz CT molecular complexity index is 305. The van der Waals surface area contributed by atoms with Gasteiger partial charge in [0, 0.05) is 0 Å². The summed E-state index contributed by atoms with van der Waals surface area (Å²) in [6, 6.07) is 7.69. The molecule has 0 unspecified atom stereocenters. The molecule has 0 bridgehead atoms. The molecule has 0 saturated heterocycles. The van der Waals surface area contributed by atoms with Crippen LogP contribution in [0.3, 0.4) is 0 Å².